The van der Waals surface area contributed by atoms with E-state index in [1.165, 1.54) is 21.6 Å². The van der Waals surface area contributed by atoms with Gasteiger partial charge >= 0.3 is 5.97 Å². The first-order valence-corrected chi connectivity index (χ1v) is 12.2. The predicted octanol–water partition coefficient (Wildman–Crippen LogP) is 3.84. The number of thioether (sulfide) groups is 1. The van der Waals surface area contributed by atoms with E-state index < -0.39 is 5.97 Å². The molecule has 0 spiro atoms. The highest BCUT2D eigenvalue weighted by Crippen LogP contribution is 2.26. The number of hydrogen-bond acceptors (Lipinski definition) is 9. The molecular formula is C22H27N5O4S2. The Balaban J connectivity index is 1.52. The lowest BCUT2D eigenvalue weighted by molar-refractivity contribution is -0.113. The topological polar surface area (TPSA) is 121 Å². The molecule has 0 aliphatic heterocycles. The van der Waals surface area contributed by atoms with Crippen LogP contribution < -0.4 is 15.9 Å². The fourth-order valence-electron chi connectivity index (χ4n) is 2.77. The Morgan fingerprint density at radius 3 is 2.58 bits per heavy atom. The van der Waals surface area contributed by atoms with Crippen LogP contribution in [-0.4, -0.2) is 39.1 Å². The molecule has 11 heteroatoms. The minimum absolute atomic E-state index is 0.0463. The number of carbonyl (C=O) groups is 2. The number of carbonyl (C=O) groups excluding carboxylic acids is 2. The van der Waals surface area contributed by atoms with Gasteiger partial charge in [0.15, 0.2) is 5.82 Å². The number of esters is 1. The molecule has 0 aliphatic carbocycles. The lowest BCUT2D eigenvalue weighted by Gasteiger charge is -2.19. The standard InChI is InChI=1S/C22H27N5O4S2/c1-5-30-20(29)16-10-11-32-19(16)24-18(28)13-33-21-26-25-17(27(21)23)12-31-15-8-6-14(7-9-15)22(2,3)4/h6-11H,5,12-13,23H2,1-4H3,(H,24,28). The van der Waals surface area contributed by atoms with Crippen LogP contribution in [0.4, 0.5) is 5.00 Å². The summed E-state index contributed by atoms with van der Waals surface area (Å²) in [5, 5.41) is 13.3. The molecule has 0 radical (unpaired) electrons. The van der Waals surface area contributed by atoms with Gasteiger partial charge < -0.3 is 20.6 Å². The third-order valence-electron chi connectivity index (χ3n) is 4.57. The number of hydrogen-bond donors (Lipinski definition) is 2. The van der Waals surface area contributed by atoms with E-state index in [-0.39, 0.29) is 30.3 Å². The van der Waals surface area contributed by atoms with Crippen molar-refractivity contribution in [3.63, 3.8) is 0 Å². The maximum atomic E-state index is 12.3. The first-order chi connectivity index (χ1) is 15.7. The number of nitrogens with one attached hydrogen (secondary N) is 1. The van der Waals surface area contributed by atoms with E-state index in [0.717, 1.165) is 11.8 Å². The molecule has 2 heterocycles. The molecule has 3 aromatic rings. The monoisotopic (exact) mass is 489 g/mol. The number of aromatic nitrogens is 3. The van der Waals surface area contributed by atoms with Crippen molar-refractivity contribution in [3.05, 3.63) is 52.7 Å². The summed E-state index contributed by atoms with van der Waals surface area (Å²) < 4.78 is 12.1. The van der Waals surface area contributed by atoms with Crippen LogP contribution in [0.1, 0.15) is 49.4 Å². The highest BCUT2D eigenvalue weighted by Gasteiger charge is 2.18. The Kier molecular flexibility index (Phi) is 7.98. The zero-order valence-corrected chi connectivity index (χ0v) is 20.6. The Morgan fingerprint density at radius 1 is 1.18 bits per heavy atom. The second-order valence-corrected chi connectivity index (χ2v) is 9.91. The molecule has 1 aromatic carbocycles. The second-order valence-electron chi connectivity index (χ2n) is 8.05. The summed E-state index contributed by atoms with van der Waals surface area (Å²) >= 11 is 2.38. The van der Waals surface area contributed by atoms with E-state index in [0.29, 0.717) is 27.3 Å². The van der Waals surface area contributed by atoms with Gasteiger partial charge in [0.05, 0.1) is 17.9 Å². The molecule has 0 atom stereocenters. The van der Waals surface area contributed by atoms with Gasteiger partial charge in [-0.3, -0.25) is 4.79 Å². The normalized spacial score (nSPS) is 11.3. The summed E-state index contributed by atoms with van der Waals surface area (Å²) in [7, 11) is 0. The molecule has 176 valence electrons. The van der Waals surface area contributed by atoms with Crippen LogP contribution in [0.3, 0.4) is 0 Å². The van der Waals surface area contributed by atoms with E-state index in [4.69, 9.17) is 15.3 Å². The number of nitrogens with zero attached hydrogens (tertiary/aromatic N) is 3. The van der Waals surface area contributed by atoms with Crippen molar-refractivity contribution in [1.29, 1.82) is 0 Å². The SMILES string of the molecule is CCOC(=O)c1ccsc1NC(=O)CSc1nnc(COc2ccc(C(C)(C)C)cc2)n1N. The number of amides is 1. The van der Waals surface area contributed by atoms with Crippen LogP contribution in [-0.2, 0) is 21.6 Å². The van der Waals surface area contributed by atoms with E-state index in [2.05, 4.69) is 36.3 Å². The van der Waals surface area contributed by atoms with Crippen LogP contribution in [0, 0.1) is 0 Å². The molecular weight excluding hydrogens is 462 g/mol. The molecule has 3 rings (SSSR count). The Morgan fingerprint density at radius 2 is 1.91 bits per heavy atom. The van der Waals surface area contributed by atoms with Gasteiger partial charge in [0.25, 0.3) is 0 Å². The molecule has 0 fully saturated rings. The molecule has 0 aliphatic rings. The Hall–Kier alpha value is -3.05. The number of ether oxygens (including phenoxy) is 2. The summed E-state index contributed by atoms with van der Waals surface area (Å²) in [6, 6.07) is 9.50. The minimum Gasteiger partial charge on any atom is -0.486 e. The maximum Gasteiger partial charge on any atom is 0.341 e. The summed E-state index contributed by atoms with van der Waals surface area (Å²) in [6.07, 6.45) is 0. The highest BCUT2D eigenvalue weighted by molar-refractivity contribution is 7.99. The number of benzene rings is 1. The van der Waals surface area contributed by atoms with Crippen molar-refractivity contribution in [2.75, 3.05) is 23.5 Å². The third kappa shape index (κ3) is 6.48. The molecule has 2 aromatic heterocycles. The highest BCUT2D eigenvalue weighted by atomic mass is 32.2. The van der Waals surface area contributed by atoms with Crippen LogP contribution in [0.15, 0.2) is 40.9 Å². The fourth-order valence-corrected chi connectivity index (χ4v) is 4.24. The quantitative estimate of drug-likeness (QED) is 0.264. The van der Waals surface area contributed by atoms with Crippen molar-refractivity contribution in [1.82, 2.24) is 14.9 Å². The van der Waals surface area contributed by atoms with Crippen LogP contribution in [0.2, 0.25) is 0 Å². The molecule has 33 heavy (non-hydrogen) atoms. The smallest absolute Gasteiger partial charge is 0.341 e. The minimum atomic E-state index is -0.471. The number of nitrogens with two attached hydrogens (primary N) is 1. The number of thiophene rings is 1. The van der Waals surface area contributed by atoms with Gasteiger partial charge in [-0.25, -0.2) is 9.47 Å². The number of rotatable bonds is 9. The van der Waals surface area contributed by atoms with Crippen molar-refractivity contribution < 1.29 is 19.1 Å². The van der Waals surface area contributed by atoms with E-state index in [1.807, 2.05) is 24.3 Å². The Labute approximate surface area is 200 Å². The largest absolute Gasteiger partial charge is 0.486 e. The summed E-state index contributed by atoms with van der Waals surface area (Å²) in [6.45, 7) is 8.59. The van der Waals surface area contributed by atoms with Crippen LogP contribution in [0.25, 0.3) is 0 Å². The molecule has 3 N–H and O–H groups in total. The van der Waals surface area contributed by atoms with E-state index in [1.54, 1.807) is 18.4 Å². The van der Waals surface area contributed by atoms with Gasteiger partial charge in [-0.05, 0) is 41.5 Å². The van der Waals surface area contributed by atoms with Gasteiger partial charge in [0.1, 0.15) is 17.4 Å². The van der Waals surface area contributed by atoms with Crippen LogP contribution in [0.5, 0.6) is 5.75 Å². The van der Waals surface area contributed by atoms with Gasteiger partial charge in [-0.2, -0.15) is 0 Å². The average Bonchev–Trinajstić information content (AvgIpc) is 3.37. The van der Waals surface area contributed by atoms with Crippen LogP contribution >= 0.6 is 23.1 Å². The zero-order chi connectivity index (χ0) is 24.0. The van der Waals surface area contributed by atoms with Gasteiger partial charge in [-0.15, -0.1) is 21.5 Å². The molecule has 0 unspecified atom stereocenters. The van der Waals surface area contributed by atoms with Crippen molar-refractivity contribution in [3.8, 4) is 5.75 Å². The summed E-state index contributed by atoms with van der Waals surface area (Å²) in [5.41, 5.74) is 1.61. The average molecular weight is 490 g/mol. The van der Waals surface area contributed by atoms with Gasteiger partial charge in [0, 0.05) is 0 Å². The first kappa shape index (κ1) is 24.6. The Bertz CT molecular complexity index is 1100. The van der Waals surface area contributed by atoms with Crippen molar-refractivity contribution in [2.24, 2.45) is 0 Å². The van der Waals surface area contributed by atoms with E-state index >= 15 is 0 Å². The lowest BCUT2D eigenvalue weighted by Crippen LogP contribution is -2.18. The first-order valence-electron chi connectivity index (χ1n) is 10.3. The second kappa shape index (κ2) is 10.7. The number of nitrogen functional groups attached to an aromatic ring is 1. The number of anilines is 1. The molecule has 0 saturated carbocycles. The van der Waals surface area contributed by atoms with E-state index in [9.17, 15) is 9.59 Å². The summed E-state index contributed by atoms with van der Waals surface area (Å²) in [5.74, 6) is 6.48. The molecule has 0 bridgehead atoms. The van der Waals surface area contributed by atoms with Gasteiger partial charge in [-0.1, -0.05) is 44.7 Å². The van der Waals surface area contributed by atoms with Crippen molar-refractivity contribution >= 4 is 40.0 Å². The molecule has 0 saturated heterocycles. The fraction of sp³-hybridized carbons (Fsp3) is 0.364. The predicted molar refractivity (Wildman–Crippen MR) is 129 cm³/mol. The van der Waals surface area contributed by atoms with Crippen molar-refractivity contribution in [2.45, 2.75) is 44.9 Å². The maximum absolute atomic E-state index is 12.3. The zero-order valence-electron chi connectivity index (χ0n) is 19.0. The lowest BCUT2D eigenvalue weighted by atomic mass is 9.87. The third-order valence-corrected chi connectivity index (χ3v) is 6.34. The summed E-state index contributed by atoms with van der Waals surface area (Å²) in [4.78, 5) is 24.3. The van der Waals surface area contributed by atoms with Gasteiger partial charge in [0.2, 0.25) is 11.1 Å². The molecule has 9 nitrogen and oxygen atoms in total. The molecule has 1 amide bonds.